The van der Waals surface area contributed by atoms with Crippen molar-refractivity contribution in [3.05, 3.63) is 59.5 Å². The van der Waals surface area contributed by atoms with E-state index >= 15 is 0 Å². The van der Waals surface area contributed by atoms with Gasteiger partial charge in [0.05, 0.1) is 12.8 Å². The van der Waals surface area contributed by atoms with E-state index < -0.39 is 0 Å². The molecule has 3 rings (SSSR count). The smallest absolute Gasteiger partial charge is 0.226 e. The summed E-state index contributed by atoms with van der Waals surface area (Å²) in [6.07, 6.45) is 0.454. The summed E-state index contributed by atoms with van der Waals surface area (Å²) in [5.41, 5.74) is 2.93. The fourth-order valence-corrected chi connectivity index (χ4v) is 4.07. The average Bonchev–Trinajstić information content (AvgIpc) is 3.11. The maximum atomic E-state index is 12.1. The zero-order valence-electron chi connectivity index (χ0n) is 14.7. The molecule has 0 saturated heterocycles. The Bertz CT molecular complexity index is 879. The number of carbonyl (C=O) groups excluding carboxylic acids is 1. The topological polar surface area (TPSA) is 51.2 Å². The number of thiazole rings is 1. The van der Waals surface area contributed by atoms with E-state index in [1.54, 1.807) is 18.9 Å². The lowest BCUT2D eigenvalue weighted by atomic mass is 10.1. The van der Waals surface area contributed by atoms with Crippen LogP contribution < -0.4 is 10.1 Å². The first-order valence-corrected chi connectivity index (χ1v) is 10.1. The number of amides is 1. The van der Waals surface area contributed by atoms with Gasteiger partial charge in [0.15, 0.2) is 5.13 Å². The van der Waals surface area contributed by atoms with Crippen LogP contribution in [0, 0.1) is 6.92 Å². The maximum absolute atomic E-state index is 12.1. The zero-order chi connectivity index (χ0) is 18.4. The third-order valence-electron chi connectivity index (χ3n) is 3.78. The molecule has 3 aromatic rings. The highest BCUT2D eigenvalue weighted by molar-refractivity contribution is 7.99. The molecule has 0 atom stereocenters. The molecule has 26 heavy (non-hydrogen) atoms. The predicted molar refractivity (Wildman–Crippen MR) is 109 cm³/mol. The fraction of sp³-hybridized carbons (Fsp3) is 0.200. The van der Waals surface area contributed by atoms with Gasteiger partial charge >= 0.3 is 0 Å². The standard InChI is InChI=1S/C20H20N2O2S2/c1-14-12-15(8-9-18(14)24-2)17-13-26-20(21-17)22-19(23)10-11-25-16-6-4-3-5-7-16/h3-9,12-13H,10-11H2,1-2H3,(H,21,22,23). The summed E-state index contributed by atoms with van der Waals surface area (Å²) < 4.78 is 5.29. The molecule has 4 nitrogen and oxygen atoms in total. The van der Waals surface area contributed by atoms with E-state index in [1.807, 2.05) is 60.8 Å². The van der Waals surface area contributed by atoms with Gasteiger partial charge in [0.1, 0.15) is 5.75 Å². The Labute approximate surface area is 161 Å². The molecule has 0 bridgehead atoms. The molecule has 0 radical (unpaired) electrons. The van der Waals surface area contributed by atoms with Crippen molar-refractivity contribution in [2.24, 2.45) is 0 Å². The number of benzene rings is 2. The van der Waals surface area contributed by atoms with Gasteiger partial charge < -0.3 is 10.1 Å². The highest BCUT2D eigenvalue weighted by Gasteiger charge is 2.09. The summed E-state index contributed by atoms with van der Waals surface area (Å²) in [4.78, 5) is 17.8. The Morgan fingerprint density at radius 3 is 2.77 bits per heavy atom. The van der Waals surface area contributed by atoms with Gasteiger partial charge in [0.2, 0.25) is 5.91 Å². The summed E-state index contributed by atoms with van der Waals surface area (Å²) in [6, 6.07) is 16.0. The van der Waals surface area contributed by atoms with Crippen molar-refractivity contribution < 1.29 is 9.53 Å². The van der Waals surface area contributed by atoms with Crippen LogP contribution in [0.15, 0.2) is 58.8 Å². The summed E-state index contributed by atoms with van der Waals surface area (Å²) >= 11 is 3.11. The number of methoxy groups -OCH3 is 1. The Balaban J connectivity index is 1.54. The second-order valence-corrected chi connectivity index (χ2v) is 7.71. The van der Waals surface area contributed by atoms with Crippen LogP contribution in [-0.4, -0.2) is 23.8 Å². The molecule has 1 amide bonds. The van der Waals surface area contributed by atoms with Gasteiger partial charge in [-0.25, -0.2) is 4.98 Å². The predicted octanol–water partition coefficient (Wildman–Crippen LogP) is 5.25. The number of nitrogens with zero attached hydrogens (tertiary/aromatic N) is 1. The van der Waals surface area contributed by atoms with Crippen molar-refractivity contribution in [2.75, 3.05) is 18.2 Å². The van der Waals surface area contributed by atoms with E-state index in [1.165, 1.54) is 16.2 Å². The van der Waals surface area contributed by atoms with Gasteiger partial charge in [-0.15, -0.1) is 23.1 Å². The molecule has 0 fully saturated rings. The molecule has 0 spiro atoms. The number of nitrogens with one attached hydrogen (secondary N) is 1. The fourth-order valence-electron chi connectivity index (χ4n) is 2.46. The van der Waals surface area contributed by atoms with E-state index in [0.717, 1.165) is 28.3 Å². The van der Waals surface area contributed by atoms with Crippen LogP contribution in [0.5, 0.6) is 5.75 Å². The van der Waals surface area contributed by atoms with Crippen molar-refractivity contribution in [1.29, 1.82) is 0 Å². The molecular formula is C20H20N2O2S2. The number of hydrogen-bond donors (Lipinski definition) is 1. The first-order chi connectivity index (χ1) is 12.7. The average molecular weight is 385 g/mol. The number of carbonyl (C=O) groups is 1. The molecular weight excluding hydrogens is 364 g/mol. The lowest BCUT2D eigenvalue weighted by Crippen LogP contribution is -2.11. The molecule has 134 valence electrons. The van der Waals surface area contributed by atoms with Gasteiger partial charge in [-0.3, -0.25) is 4.79 Å². The monoisotopic (exact) mass is 384 g/mol. The van der Waals surface area contributed by atoms with Gasteiger partial charge in [-0.05, 0) is 42.8 Å². The van der Waals surface area contributed by atoms with Crippen molar-refractivity contribution in [2.45, 2.75) is 18.2 Å². The van der Waals surface area contributed by atoms with E-state index in [2.05, 4.69) is 10.3 Å². The van der Waals surface area contributed by atoms with Crippen LogP contribution in [0.4, 0.5) is 5.13 Å². The normalized spacial score (nSPS) is 10.5. The first-order valence-electron chi connectivity index (χ1n) is 8.24. The summed E-state index contributed by atoms with van der Waals surface area (Å²) in [5.74, 6) is 1.58. The van der Waals surface area contributed by atoms with Crippen LogP contribution >= 0.6 is 23.1 Å². The first kappa shape index (κ1) is 18.5. The summed E-state index contributed by atoms with van der Waals surface area (Å²) in [7, 11) is 1.66. The number of aromatic nitrogens is 1. The second kappa shape index (κ2) is 8.87. The number of rotatable bonds is 7. The van der Waals surface area contributed by atoms with Crippen molar-refractivity contribution in [3.63, 3.8) is 0 Å². The molecule has 6 heteroatoms. The van der Waals surface area contributed by atoms with Crippen molar-refractivity contribution >= 4 is 34.1 Å². The summed E-state index contributed by atoms with van der Waals surface area (Å²) in [5, 5.41) is 5.47. The van der Waals surface area contributed by atoms with Crippen molar-refractivity contribution in [1.82, 2.24) is 4.98 Å². The molecule has 0 saturated carbocycles. The Hall–Kier alpha value is -2.31. The SMILES string of the molecule is COc1ccc(-c2csc(NC(=O)CCSc3ccccc3)n2)cc1C. The second-order valence-electron chi connectivity index (χ2n) is 5.68. The molecule has 1 N–H and O–H groups in total. The minimum Gasteiger partial charge on any atom is -0.496 e. The third-order valence-corrected chi connectivity index (χ3v) is 5.55. The minimum absolute atomic E-state index is 0.0137. The van der Waals surface area contributed by atoms with Crippen molar-refractivity contribution in [3.8, 4) is 17.0 Å². The lowest BCUT2D eigenvalue weighted by molar-refractivity contribution is -0.115. The Morgan fingerprint density at radius 1 is 1.23 bits per heavy atom. The van der Waals surface area contributed by atoms with Gasteiger partial charge in [0.25, 0.3) is 0 Å². The largest absolute Gasteiger partial charge is 0.496 e. The highest BCUT2D eigenvalue weighted by Crippen LogP contribution is 2.29. The van der Waals surface area contributed by atoms with Crippen LogP contribution in [0.1, 0.15) is 12.0 Å². The molecule has 1 aromatic heterocycles. The molecule has 0 aliphatic heterocycles. The molecule has 0 unspecified atom stereocenters. The molecule has 0 aliphatic carbocycles. The number of anilines is 1. The van der Waals surface area contributed by atoms with Gasteiger partial charge in [0, 0.05) is 28.0 Å². The Morgan fingerprint density at radius 2 is 2.04 bits per heavy atom. The number of hydrogen-bond acceptors (Lipinski definition) is 5. The Kier molecular flexibility index (Phi) is 6.30. The lowest BCUT2D eigenvalue weighted by Gasteiger charge is -2.05. The number of aryl methyl sites for hydroxylation is 1. The molecule has 0 aliphatic rings. The van der Waals surface area contributed by atoms with Crippen LogP contribution in [0.3, 0.4) is 0 Å². The number of thioether (sulfide) groups is 1. The van der Waals surface area contributed by atoms with Crippen LogP contribution in [-0.2, 0) is 4.79 Å². The maximum Gasteiger partial charge on any atom is 0.226 e. The molecule has 1 heterocycles. The zero-order valence-corrected chi connectivity index (χ0v) is 16.3. The van der Waals surface area contributed by atoms with E-state index in [0.29, 0.717) is 11.6 Å². The highest BCUT2D eigenvalue weighted by atomic mass is 32.2. The van der Waals surface area contributed by atoms with E-state index in [4.69, 9.17) is 4.74 Å². The number of ether oxygens (including phenoxy) is 1. The quantitative estimate of drug-likeness (QED) is 0.565. The van der Waals surface area contributed by atoms with E-state index in [-0.39, 0.29) is 5.91 Å². The van der Waals surface area contributed by atoms with E-state index in [9.17, 15) is 4.79 Å². The minimum atomic E-state index is -0.0137. The van der Waals surface area contributed by atoms with Gasteiger partial charge in [-0.1, -0.05) is 18.2 Å². The third kappa shape index (κ3) is 4.86. The summed E-state index contributed by atoms with van der Waals surface area (Å²) in [6.45, 7) is 2.00. The van der Waals surface area contributed by atoms with Crippen LogP contribution in [0.2, 0.25) is 0 Å². The van der Waals surface area contributed by atoms with Gasteiger partial charge in [-0.2, -0.15) is 0 Å². The molecule has 2 aromatic carbocycles. The van der Waals surface area contributed by atoms with Crippen LogP contribution in [0.25, 0.3) is 11.3 Å².